The zero-order valence-electron chi connectivity index (χ0n) is 12.4. The van der Waals surface area contributed by atoms with Gasteiger partial charge in [-0.25, -0.2) is 0 Å². The van der Waals surface area contributed by atoms with Gasteiger partial charge in [0.25, 0.3) is 0 Å². The van der Waals surface area contributed by atoms with Gasteiger partial charge in [0.1, 0.15) is 0 Å². The molecule has 2 rings (SSSR count). The highest BCUT2D eigenvalue weighted by atomic mass is 16.4. The van der Waals surface area contributed by atoms with Crippen LogP contribution in [0.5, 0.6) is 0 Å². The lowest BCUT2D eigenvalue weighted by Crippen LogP contribution is -2.52. The molecule has 20 heavy (non-hydrogen) atoms. The Hall–Kier alpha value is -1.10. The van der Waals surface area contributed by atoms with E-state index in [-0.39, 0.29) is 17.9 Å². The van der Waals surface area contributed by atoms with Crippen LogP contribution < -0.4 is 5.32 Å². The molecule has 0 saturated heterocycles. The number of carbonyl (C=O) groups is 2. The minimum absolute atomic E-state index is 0.0229. The number of likely N-dealkylation sites (N-methyl/N-ethyl adjacent to an activating group) is 1. The summed E-state index contributed by atoms with van der Waals surface area (Å²) in [6, 6.07) is 0. The van der Waals surface area contributed by atoms with Crippen molar-refractivity contribution < 1.29 is 14.7 Å². The molecule has 0 aromatic carbocycles. The molecule has 0 aliphatic heterocycles. The molecule has 2 N–H and O–H groups in total. The number of amides is 1. The Kier molecular flexibility index (Phi) is 5.02. The fourth-order valence-electron chi connectivity index (χ4n) is 3.20. The smallest absolute Gasteiger partial charge is 0.305 e. The number of rotatable bonds is 7. The maximum Gasteiger partial charge on any atom is 0.305 e. The fraction of sp³-hybridized carbons (Fsp3) is 0.867. The van der Waals surface area contributed by atoms with Crippen LogP contribution in [-0.2, 0) is 9.59 Å². The van der Waals surface area contributed by atoms with E-state index in [1.165, 1.54) is 19.3 Å². The highest BCUT2D eigenvalue weighted by molar-refractivity contribution is 5.78. The number of aliphatic carboxylic acids is 1. The molecule has 114 valence electrons. The summed E-state index contributed by atoms with van der Waals surface area (Å²) >= 11 is 0. The van der Waals surface area contributed by atoms with Gasteiger partial charge in [-0.2, -0.15) is 0 Å². The molecule has 5 nitrogen and oxygen atoms in total. The van der Waals surface area contributed by atoms with Crippen molar-refractivity contribution in [2.24, 2.45) is 5.92 Å². The molecule has 0 aromatic heterocycles. The second-order valence-corrected chi connectivity index (χ2v) is 6.46. The molecule has 0 radical (unpaired) electrons. The summed E-state index contributed by atoms with van der Waals surface area (Å²) in [6.07, 6.45) is 7.63. The van der Waals surface area contributed by atoms with Crippen molar-refractivity contribution in [2.75, 3.05) is 20.1 Å². The van der Waals surface area contributed by atoms with E-state index in [0.717, 1.165) is 32.2 Å². The summed E-state index contributed by atoms with van der Waals surface area (Å²) < 4.78 is 0. The SMILES string of the molecule is CN(CC(=O)NCC1CC1)C1(CC(=O)O)CCCCC1. The number of nitrogens with zero attached hydrogens (tertiary/aromatic N) is 1. The molecule has 2 aliphatic carbocycles. The van der Waals surface area contributed by atoms with Crippen molar-refractivity contribution in [1.82, 2.24) is 10.2 Å². The summed E-state index contributed by atoms with van der Waals surface area (Å²) in [5.74, 6) is -0.0706. The van der Waals surface area contributed by atoms with Crippen molar-refractivity contribution in [3.63, 3.8) is 0 Å². The van der Waals surface area contributed by atoms with Gasteiger partial charge >= 0.3 is 5.97 Å². The summed E-state index contributed by atoms with van der Waals surface area (Å²) in [5.41, 5.74) is -0.332. The van der Waals surface area contributed by atoms with Crippen LogP contribution in [0.2, 0.25) is 0 Å². The topological polar surface area (TPSA) is 69.6 Å². The van der Waals surface area contributed by atoms with Crippen LogP contribution >= 0.6 is 0 Å². The largest absolute Gasteiger partial charge is 0.481 e. The Morgan fingerprint density at radius 2 is 1.90 bits per heavy atom. The maximum absolute atomic E-state index is 12.0. The van der Waals surface area contributed by atoms with Crippen LogP contribution in [0.15, 0.2) is 0 Å². The van der Waals surface area contributed by atoms with Crippen molar-refractivity contribution in [1.29, 1.82) is 0 Å². The number of hydrogen-bond acceptors (Lipinski definition) is 3. The van der Waals surface area contributed by atoms with E-state index in [1.807, 2.05) is 11.9 Å². The van der Waals surface area contributed by atoms with Crippen molar-refractivity contribution >= 4 is 11.9 Å². The predicted octanol–water partition coefficient (Wildman–Crippen LogP) is 1.62. The third-order valence-electron chi connectivity index (χ3n) is 4.74. The molecule has 0 atom stereocenters. The third-order valence-corrected chi connectivity index (χ3v) is 4.74. The summed E-state index contributed by atoms with van der Waals surface area (Å²) in [5, 5.41) is 12.1. The summed E-state index contributed by atoms with van der Waals surface area (Å²) in [6.45, 7) is 1.08. The van der Waals surface area contributed by atoms with Gasteiger partial charge in [-0.1, -0.05) is 19.3 Å². The lowest BCUT2D eigenvalue weighted by molar-refractivity contribution is -0.142. The van der Waals surface area contributed by atoms with E-state index in [4.69, 9.17) is 0 Å². The van der Waals surface area contributed by atoms with Crippen molar-refractivity contribution in [3.05, 3.63) is 0 Å². The minimum atomic E-state index is -0.767. The van der Waals surface area contributed by atoms with Gasteiger partial charge in [-0.3, -0.25) is 14.5 Å². The van der Waals surface area contributed by atoms with Crippen LogP contribution in [0.3, 0.4) is 0 Å². The van der Waals surface area contributed by atoms with E-state index in [9.17, 15) is 14.7 Å². The Morgan fingerprint density at radius 1 is 1.25 bits per heavy atom. The molecule has 0 heterocycles. The molecule has 0 bridgehead atoms. The van der Waals surface area contributed by atoms with Crippen LogP contribution in [0, 0.1) is 5.92 Å². The van der Waals surface area contributed by atoms with Gasteiger partial charge in [0.2, 0.25) is 5.91 Å². The molecule has 2 aliphatic rings. The molecular formula is C15H26N2O3. The number of carboxylic acid groups (broad SMARTS) is 1. The number of nitrogens with one attached hydrogen (secondary N) is 1. The average Bonchev–Trinajstić information content (AvgIpc) is 3.20. The zero-order chi connectivity index (χ0) is 14.6. The Bertz CT molecular complexity index is 360. The van der Waals surface area contributed by atoms with Gasteiger partial charge in [0.05, 0.1) is 13.0 Å². The lowest BCUT2D eigenvalue weighted by atomic mass is 9.78. The monoisotopic (exact) mass is 282 g/mol. The molecule has 2 fully saturated rings. The molecule has 0 spiro atoms. The number of carbonyl (C=O) groups excluding carboxylic acids is 1. The van der Waals surface area contributed by atoms with Crippen LogP contribution in [0.1, 0.15) is 51.4 Å². The van der Waals surface area contributed by atoms with E-state index in [0.29, 0.717) is 12.5 Å². The third kappa shape index (κ3) is 4.20. The lowest BCUT2D eigenvalue weighted by Gasteiger charge is -2.43. The summed E-state index contributed by atoms with van der Waals surface area (Å²) in [7, 11) is 1.89. The van der Waals surface area contributed by atoms with Crippen molar-refractivity contribution in [2.45, 2.75) is 56.9 Å². The van der Waals surface area contributed by atoms with Crippen LogP contribution in [-0.4, -0.2) is 47.6 Å². The number of hydrogen-bond donors (Lipinski definition) is 2. The molecule has 5 heteroatoms. The first-order chi connectivity index (χ1) is 9.52. The molecule has 0 unspecified atom stereocenters. The van der Waals surface area contributed by atoms with Crippen LogP contribution in [0.4, 0.5) is 0 Å². The summed E-state index contributed by atoms with van der Waals surface area (Å²) in [4.78, 5) is 25.1. The normalized spacial score (nSPS) is 21.7. The maximum atomic E-state index is 12.0. The zero-order valence-corrected chi connectivity index (χ0v) is 12.4. The van der Waals surface area contributed by atoms with Gasteiger partial charge in [0, 0.05) is 12.1 Å². The van der Waals surface area contributed by atoms with Gasteiger partial charge in [-0.05, 0) is 38.6 Å². The standard InChI is InChI=1S/C15H26N2O3/c1-17(11-13(18)16-10-12-5-6-12)15(9-14(19)20)7-3-2-4-8-15/h12H,2-11H2,1H3,(H,16,18)(H,19,20). The Morgan fingerprint density at radius 3 is 2.45 bits per heavy atom. The van der Waals surface area contributed by atoms with Gasteiger partial charge in [0.15, 0.2) is 0 Å². The fourth-order valence-corrected chi connectivity index (χ4v) is 3.20. The second kappa shape index (κ2) is 6.57. The van der Waals surface area contributed by atoms with E-state index < -0.39 is 5.97 Å². The highest BCUT2D eigenvalue weighted by Crippen LogP contribution is 2.35. The van der Waals surface area contributed by atoms with Gasteiger partial charge in [-0.15, -0.1) is 0 Å². The first-order valence-corrected chi connectivity index (χ1v) is 7.71. The molecule has 2 saturated carbocycles. The Balaban J connectivity index is 1.88. The molecule has 1 amide bonds. The highest BCUT2D eigenvalue weighted by Gasteiger charge is 2.38. The Labute approximate surface area is 120 Å². The second-order valence-electron chi connectivity index (χ2n) is 6.46. The van der Waals surface area contributed by atoms with E-state index in [1.54, 1.807) is 0 Å². The first kappa shape index (κ1) is 15.3. The van der Waals surface area contributed by atoms with Gasteiger partial charge < -0.3 is 10.4 Å². The number of carboxylic acids is 1. The van der Waals surface area contributed by atoms with Crippen molar-refractivity contribution in [3.8, 4) is 0 Å². The first-order valence-electron chi connectivity index (χ1n) is 7.71. The molecular weight excluding hydrogens is 256 g/mol. The van der Waals surface area contributed by atoms with Crippen LogP contribution in [0.25, 0.3) is 0 Å². The quantitative estimate of drug-likeness (QED) is 0.744. The van der Waals surface area contributed by atoms with E-state index in [2.05, 4.69) is 5.32 Å². The molecule has 0 aromatic rings. The predicted molar refractivity (Wildman–Crippen MR) is 76.4 cm³/mol. The van der Waals surface area contributed by atoms with E-state index >= 15 is 0 Å². The average molecular weight is 282 g/mol. The minimum Gasteiger partial charge on any atom is -0.481 e.